The number of nitrogens with one attached hydrogen (secondary N) is 1. The van der Waals surface area contributed by atoms with Crippen LogP contribution in [0.2, 0.25) is 0 Å². The second kappa shape index (κ2) is 13.6. The van der Waals surface area contributed by atoms with E-state index in [1.54, 1.807) is 16.7 Å². The highest BCUT2D eigenvalue weighted by molar-refractivity contribution is 8.00. The maximum atomic E-state index is 14.0. The molecule has 0 saturated carbocycles. The van der Waals surface area contributed by atoms with E-state index in [1.165, 1.54) is 0 Å². The number of hydrogen-bond acceptors (Lipinski definition) is 8. The molecule has 2 aliphatic heterocycles. The van der Waals surface area contributed by atoms with Crippen LogP contribution in [0, 0.1) is 0 Å². The molecule has 0 aliphatic carbocycles. The van der Waals surface area contributed by atoms with Crippen molar-refractivity contribution in [3.05, 3.63) is 94.8 Å². The SMILES string of the molecule is CCO[PH+](NC1C(=O)N2C(C(=O)OC(c3ccccc3)c3ccccc3)=C(C=C(C)N(C)C)CSC12)OCC. The number of ether oxygens (including phenoxy) is 1. The summed E-state index contributed by atoms with van der Waals surface area (Å²) in [5.41, 5.74) is 3.74. The number of β-lactam (4-membered cyclic amide) rings is 1. The molecule has 2 aliphatic rings. The first kappa shape index (κ1) is 29.3. The molecule has 2 heterocycles. The fourth-order valence-electron chi connectivity index (χ4n) is 4.39. The van der Waals surface area contributed by atoms with Crippen molar-refractivity contribution in [3.63, 3.8) is 0 Å². The molecule has 39 heavy (non-hydrogen) atoms. The van der Waals surface area contributed by atoms with Gasteiger partial charge in [-0.2, -0.15) is 9.05 Å². The third-order valence-corrected chi connectivity index (χ3v) is 9.48. The first-order valence-corrected chi connectivity index (χ1v) is 15.5. The summed E-state index contributed by atoms with van der Waals surface area (Å²) in [7, 11) is 2.08. The molecule has 0 spiro atoms. The first-order valence-electron chi connectivity index (χ1n) is 13.1. The summed E-state index contributed by atoms with van der Waals surface area (Å²) in [6, 6.07) is 18.8. The quantitative estimate of drug-likeness (QED) is 0.218. The van der Waals surface area contributed by atoms with E-state index in [-0.39, 0.29) is 11.3 Å². The lowest BCUT2D eigenvalue weighted by Crippen LogP contribution is -2.69. The Morgan fingerprint density at radius 1 is 1.08 bits per heavy atom. The number of carbonyl (C=O) groups excluding carboxylic acids is 2. The molecule has 1 N–H and O–H groups in total. The van der Waals surface area contributed by atoms with Gasteiger partial charge in [-0.05, 0) is 43.5 Å². The maximum Gasteiger partial charge on any atom is 0.356 e. The Balaban J connectivity index is 1.67. The highest BCUT2D eigenvalue weighted by Gasteiger charge is 2.56. The molecule has 8 nitrogen and oxygen atoms in total. The van der Waals surface area contributed by atoms with Crippen LogP contribution >= 0.6 is 20.3 Å². The highest BCUT2D eigenvalue weighted by atomic mass is 32.2. The zero-order chi connectivity index (χ0) is 27.9. The molecule has 2 unspecified atom stereocenters. The predicted molar refractivity (Wildman–Crippen MR) is 157 cm³/mol. The standard InChI is InChI=1S/C29H36N3O5PS/c1-6-35-38(36-7-2)30-24-27(33)32-25(23(19-39-28(24)32)18-20(3)31(4)5)29(34)37-26(21-14-10-8-11-15-21)22-16-12-9-13-17-22/h8-18,24,26,28,30H,6-7,19H2,1-5H3/p+1. The van der Waals surface area contributed by atoms with E-state index >= 15 is 0 Å². The molecule has 1 saturated heterocycles. The minimum atomic E-state index is -1.82. The number of rotatable bonds is 12. The zero-order valence-electron chi connectivity index (χ0n) is 23.0. The van der Waals surface area contributed by atoms with Crippen LogP contribution in [0.1, 0.15) is 38.0 Å². The smallest absolute Gasteiger partial charge is 0.356 e. The van der Waals surface area contributed by atoms with Gasteiger partial charge in [0.1, 0.15) is 11.1 Å². The van der Waals surface area contributed by atoms with Gasteiger partial charge in [-0.15, -0.1) is 16.8 Å². The van der Waals surface area contributed by atoms with Gasteiger partial charge in [-0.1, -0.05) is 60.7 Å². The Labute approximate surface area is 236 Å². The van der Waals surface area contributed by atoms with E-state index in [0.29, 0.717) is 24.7 Å². The van der Waals surface area contributed by atoms with Crippen molar-refractivity contribution in [2.24, 2.45) is 0 Å². The predicted octanol–water partition coefficient (Wildman–Crippen LogP) is 4.94. The lowest BCUT2D eigenvalue weighted by Gasteiger charge is -2.49. The fourth-order valence-corrected chi connectivity index (χ4v) is 7.12. The molecule has 208 valence electrons. The normalized spacial score (nSPS) is 19.3. The van der Waals surface area contributed by atoms with Gasteiger partial charge in [0.25, 0.3) is 5.91 Å². The fraction of sp³-hybridized carbons (Fsp3) is 0.379. The van der Waals surface area contributed by atoms with E-state index in [1.807, 2.05) is 107 Å². The van der Waals surface area contributed by atoms with E-state index in [0.717, 1.165) is 22.4 Å². The second-order valence-electron chi connectivity index (χ2n) is 9.35. The van der Waals surface area contributed by atoms with Gasteiger partial charge < -0.3 is 9.64 Å². The van der Waals surface area contributed by atoms with Crippen LogP contribution in [0.25, 0.3) is 0 Å². The Hall–Kier alpha value is -2.68. The number of nitrogens with zero attached hydrogens (tertiary/aromatic N) is 2. The molecule has 4 rings (SSSR count). The van der Waals surface area contributed by atoms with Crippen LogP contribution in [0.15, 0.2) is 83.7 Å². The summed E-state index contributed by atoms with van der Waals surface area (Å²) in [6.45, 7) is 6.74. The molecule has 10 heteroatoms. The summed E-state index contributed by atoms with van der Waals surface area (Å²) >= 11 is 1.62. The molecule has 0 aromatic heterocycles. The average Bonchev–Trinajstić information content (AvgIpc) is 2.95. The van der Waals surface area contributed by atoms with Gasteiger partial charge in [-0.3, -0.25) is 9.69 Å². The summed E-state index contributed by atoms with van der Waals surface area (Å²) in [5.74, 6) is -0.150. The van der Waals surface area contributed by atoms with Gasteiger partial charge in [0.05, 0.1) is 13.2 Å². The van der Waals surface area contributed by atoms with E-state index in [2.05, 4.69) is 5.09 Å². The van der Waals surface area contributed by atoms with Gasteiger partial charge in [0.2, 0.25) is 0 Å². The average molecular weight is 571 g/mol. The minimum Gasteiger partial charge on any atom is -0.448 e. The molecule has 2 aromatic carbocycles. The number of carbonyl (C=O) groups is 2. The zero-order valence-corrected chi connectivity index (χ0v) is 24.9. The summed E-state index contributed by atoms with van der Waals surface area (Å²) < 4.78 is 17.6. The third-order valence-electron chi connectivity index (χ3n) is 6.53. The van der Waals surface area contributed by atoms with Crippen molar-refractivity contribution in [1.29, 1.82) is 0 Å². The van der Waals surface area contributed by atoms with Crippen molar-refractivity contribution >= 4 is 32.2 Å². The van der Waals surface area contributed by atoms with Crippen LogP contribution in [0.3, 0.4) is 0 Å². The lowest BCUT2D eigenvalue weighted by atomic mass is 10.0. The third kappa shape index (κ3) is 6.73. The summed E-state index contributed by atoms with van der Waals surface area (Å²) in [4.78, 5) is 31.1. The van der Waals surface area contributed by atoms with E-state index in [4.69, 9.17) is 13.8 Å². The Kier molecular flexibility index (Phi) is 10.2. The Bertz CT molecular complexity index is 1160. The molecule has 2 atom stereocenters. The monoisotopic (exact) mass is 570 g/mol. The Morgan fingerprint density at radius 3 is 2.15 bits per heavy atom. The summed E-state index contributed by atoms with van der Waals surface area (Å²) in [6.07, 6.45) is 1.35. The number of hydrogen-bond donors (Lipinski definition) is 1. The van der Waals surface area contributed by atoms with Gasteiger partial charge >= 0.3 is 14.5 Å². The van der Waals surface area contributed by atoms with Gasteiger partial charge in [-0.25, -0.2) is 4.79 Å². The molecule has 0 bridgehead atoms. The van der Waals surface area contributed by atoms with Gasteiger partial charge in [0.15, 0.2) is 12.1 Å². The van der Waals surface area contributed by atoms with Crippen molar-refractivity contribution in [2.75, 3.05) is 33.1 Å². The van der Waals surface area contributed by atoms with E-state index in [9.17, 15) is 9.59 Å². The number of thioether (sulfide) groups is 1. The maximum absolute atomic E-state index is 14.0. The van der Waals surface area contributed by atoms with E-state index < -0.39 is 26.6 Å². The van der Waals surface area contributed by atoms with Crippen molar-refractivity contribution in [3.8, 4) is 0 Å². The number of esters is 1. The van der Waals surface area contributed by atoms with Crippen molar-refractivity contribution in [1.82, 2.24) is 14.9 Å². The highest BCUT2D eigenvalue weighted by Crippen LogP contribution is 2.45. The first-order chi connectivity index (χ1) is 18.8. The lowest BCUT2D eigenvalue weighted by molar-refractivity contribution is -0.153. The van der Waals surface area contributed by atoms with Crippen LogP contribution < -0.4 is 5.09 Å². The van der Waals surface area contributed by atoms with Crippen LogP contribution in [0.4, 0.5) is 0 Å². The van der Waals surface area contributed by atoms with Crippen LogP contribution in [-0.4, -0.2) is 66.2 Å². The molecular formula is C29H37N3O5PS+. The number of amides is 1. The largest absolute Gasteiger partial charge is 0.448 e. The molecule has 1 amide bonds. The Morgan fingerprint density at radius 2 is 1.64 bits per heavy atom. The topological polar surface area (TPSA) is 80.3 Å². The van der Waals surface area contributed by atoms with Crippen molar-refractivity contribution < 1.29 is 23.4 Å². The molecular weight excluding hydrogens is 533 g/mol. The second-order valence-corrected chi connectivity index (χ2v) is 11.9. The van der Waals surface area contributed by atoms with Gasteiger partial charge in [0, 0.05) is 25.5 Å². The van der Waals surface area contributed by atoms with Crippen molar-refractivity contribution in [2.45, 2.75) is 38.3 Å². The molecule has 1 fully saturated rings. The van der Waals surface area contributed by atoms with Crippen LogP contribution in [0.5, 0.6) is 0 Å². The minimum absolute atomic E-state index is 0.189. The van der Waals surface area contributed by atoms with Crippen LogP contribution in [-0.2, 0) is 23.4 Å². The number of fused-ring (bicyclic) bond motifs is 1. The molecule has 2 aromatic rings. The molecule has 0 radical (unpaired) electrons. The number of benzene rings is 2. The number of allylic oxidation sites excluding steroid dienone is 2. The summed E-state index contributed by atoms with van der Waals surface area (Å²) in [5, 5.41) is 3.02.